The molecule has 1 aromatic rings. The average molecular weight is 222 g/mol. The van der Waals surface area contributed by atoms with E-state index in [9.17, 15) is 4.79 Å². The van der Waals surface area contributed by atoms with Gasteiger partial charge in [-0.25, -0.2) is 0 Å². The van der Waals surface area contributed by atoms with Gasteiger partial charge in [-0.15, -0.1) is 0 Å². The number of nitrogens with one attached hydrogen (secondary N) is 1. The minimum Gasteiger partial charge on any atom is -0.399 e. The first-order chi connectivity index (χ1) is 7.56. The molecule has 4 nitrogen and oxygen atoms in total. The molecule has 0 saturated carbocycles. The molecule has 0 aliphatic carbocycles. The summed E-state index contributed by atoms with van der Waals surface area (Å²) in [6.07, 6.45) is -0.429. The molecule has 4 heteroatoms. The Kier molecular flexibility index (Phi) is 4.31. The van der Waals surface area contributed by atoms with E-state index in [-0.39, 0.29) is 5.91 Å². The highest BCUT2D eigenvalue weighted by molar-refractivity contribution is 5.80. The summed E-state index contributed by atoms with van der Waals surface area (Å²) in [5.74, 6) is -0.121. The average Bonchev–Trinajstić information content (AvgIpc) is 2.29. The van der Waals surface area contributed by atoms with Gasteiger partial charge in [0.25, 0.3) is 0 Å². The summed E-state index contributed by atoms with van der Waals surface area (Å²) < 4.78 is 4.92. The summed E-state index contributed by atoms with van der Waals surface area (Å²) in [7, 11) is 1.51. The lowest BCUT2D eigenvalue weighted by Crippen LogP contribution is -2.33. The summed E-state index contributed by atoms with van der Waals surface area (Å²) in [5, 5.41) is 2.80. The molecular weight excluding hydrogens is 204 g/mol. The van der Waals surface area contributed by atoms with Crippen molar-refractivity contribution >= 4 is 11.6 Å². The fourth-order valence-corrected chi connectivity index (χ4v) is 1.33. The number of rotatable bonds is 4. The molecule has 0 fully saturated rings. The van der Waals surface area contributed by atoms with E-state index in [1.54, 1.807) is 6.92 Å². The molecule has 0 aliphatic rings. The Hall–Kier alpha value is -1.55. The third-order valence-electron chi connectivity index (χ3n) is 2.66. The van der Waals surface area contributed by atoms with Crippen molar-refractivity contribution in [2.24, 2.45) is 0 Å². The second-order valence-electron chi connectivity index (χ2n) is 3.73. The maximum atomic E-state index is 11.5. The molecule has 1 amide bonds. The number of nitrogen functional groups attached to an aromatic ring is 1. The van der Waals surface area contributed by atoms with Gasteiger partial charge in [0.1, 0.15) is 6.10 Å². The molecule has 0 saturated heterocycles. The normalized spacial score (nSPS) is 12.2. The zero-order chi connectivity index (χ0) is 12.1. The summed E-state index contributed by atoms with van der Waals surface area (Å²) in [4.78, 5) is 11.5. The second-order valence-corrected chi connectivity index (χ2v) is 3.73. The van der Waals surface area contributed by atoms with Crippen molar-refractivity contribution in [2.45, 2.75) is 26.5 Å². The van der Waals surface area contributed by atoms with Gasteiger partial charge in [0, 0.05) is 19.3 Å². The van der Waals surface area contributed by atoms with Crippen LogP contribution in [0.15, 0.2) is 18.2 Å². The first kappa shape index (κ1) is 12.5. The van der Waals surface area contributed by atoms with Crippen LogP contribution >= 0.6 is 0 Å². The van der Waals surface area contributed by atoms with Gasteiger partial charge >= 0.3 is 0 Å². The number of ether oxygens (including phenoxy) is 1. The minimum atomic E-state index is -0.429. The van der Waals surface area contributed by atoms with E-state index in [0.717, 1.165) is 16.8 Å². The second kappa shape index (κ2) is 5.51. The van der Waals surface area contributed by atoms with Gasteiger partial charge in [-0.2, -0.15) is 0 Å². The van der Waals surface area contributed by atoms with Crippen molar-refractivity contribution in [3.63, 3.8) is 0 Å². The molecule has 0 spiro atoms. The quantitative estimate of drug-likeness (QED) is 0.753. The van der Waals surface area contributed by atoms with Crippen LogP contribution in [0.5, 0.6) is 0 Å². The van der Waals surface area contributed by atoms with Crippen molar-refractivity contribution in [3.05, 3.63) is 29.3 Å². The number of amides is 1. The first-order valence-electron chi connectivity index (χ1n) is 5.20. The maximum absolute atomic E-state index is 11.5. The number of carbonyl (C=O) groups is 1. The molecule has 0 radical (unpaired) electrons. The monoisotopic (exact) mass is 222 g/mol. The molecule has 1 atom stereocenters. The van der Waals surface area contributed by atoms with Crippen molar-refractivity contribution in [3.8, 4) is 0 Å². The Bertz CT molecular complexity index is 377. The Balaban J connectivity index is 2.61. The van der Waals surface area contributed by atoms with E-state index < -0.39 is 6.10 Å². The minimum absolute atomic E-state index is 0.121. The standard InChI is InChI=1S/C12H18N2O2/c1-8-10(5-4-6-11(8)13)7-14-12(15)9(2)16-3/h4-6,9H,7,13H2,1-3H3,(H,14,15). The SMILES string of the molecule is COC(C)C(=O)NCc1cccc(N)c1C. The molecule has 1 rings (SSSR count). The van der Waals surface area contributed by atoms with Crippen LogP contribution in [-0.4, -0.2) is 19.1 Å². The van der Waals surface area contributed by atoms with Crippen LogP contribution in [0.3, 0.4) is 0 Å². The molecule has 0 bridgehead atoms. The lowest BCUT2D eigenvalue weighted by Gasteiger charge is -2.12. The number of nitrogens with two attached hydrogens (primary N) is 1. The summed E-state index contributed by atoms with van der Waals surface area (Å²) in [5.41, 5.74) is 8.55. The van der Waals surface area contributed by atoms with E-state index >= 15 is 0 Å². The van der Waals surface area contributed by atoms with Crippen LogP contribution in [0, 0.1) is 6.92 Å². The number of carbonyl (C=O) groups excluding carboxylic acids is 1. The molecule has 0 aromatic heterocycles. The van der Waals surface area contributed by atoms with E-state index in [0.29, 0.717) is 6.54 Å². The fourth-order valence-electron chi connectivity index (χ4n) is 1.33. The van der Waals surface area contributed by atoms with E-state index in [2.05, 4.69) is 5.32 Å². The molecule has 1 aromatic carbocycles. The third-order valence-corrected chi connectivity index (χ3v) is 2.66. The molecule has 16 heavy (non-hydrogen) atoms. The van der Waals surface area contributed by atoms with Gasteiger partial charge in [-0.3, -0.25) is 4.79 Å². The zero-order valence-corrected chi connectivity index (χ0v) is 9.91. The van der Waals surface area contributed by atoms with Gasteiger partial charge in [0.15, 0.2) is 0 Å². The van der Waals surface area contributed by atoms with Gasteiger partial charge < -0.3 is 15.8 Å². The topological polar surface area (TPSA) is 64.3 Å². The Morgan fingerprint density at radius 1 is 1.56 bits per heavy atom. The lowest BCUT2D eigenvalue weighted by atomic mass is 10.1. The van der Waals surface area contributed by atoms with E-state index in [1.807, 2.05) is 25.1 Å². The molecular formula is C12H18N2O2. The van der Waals surface area contributed by atoms with E-state index in [1.165, 1.54) is 7.11 Å². The van der Waals surface area contributed by atoms with Crippen molar-refractivity contribution < 1.29 is 9.53 Å². The first-order valence-corrected chi connectivity index (χ1v) is 5.20. The Labute approximate surface area is 95.8 Å². The molecule has 88 valence electrons. The van der Waals surface area contributed by atoms with Crippen LogP contribution in [0.2, 0.25) is 0 Å². The Morgan fingerprint density at radius 2 is 2.25 bits per heavy atom. The smallest absolute Gasteiger partial charge is 0.249 e. The zero-order valence-electron chi connectivity index (χ0n) is 9.91. The van der Waals surface area contributed by atoms with Crippen LogP contribution in [-0.2, 0) is 16.1 Å². The van der Waals surface area contributed by atoms with Crippen molar-refractivity contribution in [1.82, 2.24) is 5.32 Å². The summed E-state index contributed by atoms with van der Waals surface area (Å²) in [6.45, 7) is 4.13. The Morgan fingerprint density at radius 3 is 2.88 bits per heavy atom. The van der Waals surface area contributed by atoms with Crippen LogP contribution in [0.4, 0.5) is 5.69 Å². The number of anilines is 1. The van der Waals surface area contributed by atoms with Crippen molar-refractivity contribution in [1.29, 1.82) is 0 Å². The van der Waals surface area contributed by atoms with Crippen molar-refractivity contribution in [2.75, 3.05) is 12.8 Å². The van der Waals surface area contributed by atoms with Gasteiger partial charge in [-0.05, 0) is 31.0 Å². The number of methoxy groups -OCH3 is 1. The lowest BCUT2D eigenvalue weighted by molar-refractivity contribution is -0.130. The summed E-state index contributed by atoms with van der Waals surface area (Å²) in [6, 6.07) is 5.67. The van der Waals surface area contributed by atoms with E-state index in [4.69, 9.17) is 10.5 Å². The van der Waals surface area contributed by atoms with Gasteiger partial charge in [-0.1, -0.05) is 12.1 Å². The largest absolute Gasteiger partial charge is 0.399 e. The third kappa shape index (κ3) is 2.97. The molecule has 0 heterocycles. The number of hydrogen-bond acceptors (Lipinski definition) is 3. The van der Waals surface area contributed by atoms with Crippen LogP contribution in [0.1, 0.15) is 18.1 Å². The van der Waals surface area contributed by atoms with Crippen LogP contribution < -0.4 is 11.1 Å². The predicted molar refractivity (Wildman–Crippen MR) is 63.9 cm³/mol. The highest BCUT2D eigenvalue weighted by Crippen LogP contribution is 2.14. The van der Waals surface area contributed by atoms with Gasteiger partial charge in [0.2, 0.25) is 5.91 Å². The number of benzene rings is 1. The molecule has 0 aliphatic heterocycles. The van der Waals surface area contributed by atoms with Gasteiger partial charge in [0.05, 0.1) is 0 Å². The maximum Gasteiger partial charge on any atom is 0.249 e. The highest BCUT2D eigenvalue weighted by atomic mass is 16.5. The molecule has 3 N–H and O–H groups in total. The van der Waals surface area contributed by atoms with Crippen LogP contribution in [0.25, 0.3) is 0 Å². The molecule has 1 unspecified atom stereocenters. The number of hydrogen-bond donors (Lipinski definition) is 2. The summed E-state index contributed by atoms with van der Waals surface area (Å²) >= 11 is 0. The predicted octanol–water partition coefficient (Wildman–Crippen LogP) is 1.23. The highest BCUT2D eigenvalue weighted by Gasteiger charge is 2.11. The fraction of sp³-hybridized carbons (Fsp3) is 0.417.